The first-order valence-corrected chi connectivity index (χ1v) is 6.74. The third-order valence-corrected chi connectivity index (χ3v) is 3.45. The van der Waals surface area contributed by atoms with Crippen molar-refractivity contribution >= 4 is 17.3 Å². The van der Waals surface area contributed by atoms with E-state index in [-0.39, 0.29) is 5.82 Å². The van der Waals surface area contributed by atoms with Crippen molar-refractivity contribution in [2.45, 2.75) is 38.8 Å². The number of hydrogen-bond donors (Lipinski definition) is 2. The topological polar surface area (TPSA) is 24.1 Å². The molecule has 0 spiro atoms. The van der Waals surface area contributed by atoms with Crippen LogP contribution in [-0.4, -0.2) is 10.7 Å². The molecule has 102 valence electrons. The lowest BCUT2D eigenvalue weighted by Gasteiger charge is -2.28. The fourth-order valence-electron chi connectivity index (χ4n) is 1.71. The molecule has 1 aromatic rings. The maximum atomic E-state index is 12.8. The van der Waals surface area contributed by atoms with E-state index in [4.69, 9.17) is 18.6 Å². The molecule has 0 aromatic heterocycles. The van der Waals surface area contributed by atoms with E-state index in [9.17, 15) is 4.39 Å². The molecule has 1 aromatic carbocycles. The molecular weight excluding hydrogens is 259 g/mol. The van der Waals surface area contributed by atoms with E-state index < -0.39 is 5.54 Å². The van der Waals surface area contributed by atoms with Gasteiger partial charge in [-0.1, -0.05) is 31.9 Å². The lowest BCUT2D eigenvalue weighted by molar-refractivity contribution is 0.456. The van der Waals surface area contributed by atoms with Crippen molar-refractivity contribution in [1.29, 1.82) is 0 Å². The molecule has 1 rings (SSSR count). The molecule has 0 radical (unpaired) electrons. The molecule has 2 N–H and O–H groups in total. The zero-order chi connectivity index (χ0) is 14.3. The molecule has 0 heterocycles. The van der Waals surface area contributed by atoms with Gasteiger partial charge < -0.3 is 10.6 Å². The summed E-state index contributed by atoms with van der Waals surface area (Å²) in [5.41, 5.74) is 0.567. The standard InChI is InChI=1S/C15H19FN2S/c1-4-15(5-2,6-3)18-14(19)17-11-12-7-9-13(16)10-8-12/h1,7-10H,5-6,11H2,2-3H3,(H2,17,18,19). The number of nitrogens with one attached hydrogen (secondary N) is 2. The monoisotopic (exact) mass is 278 g/mol. The first kappa shape index (κ1) is 15.5. The van der Waals surface area contributed by atoms with Gasteiger partial charge in [-0.2, -0.15) is 0 Å². The van der Waals surface area contributed by atoms with Crippen molar-refractivity contribution in [2.24, 2.45) is 0 Å². The van der Waals surface area contributed by atoms with Crippen LogP contribution in [-0.2, 0) is 6.54 Å². The van der Waals surface area contributed by atoms with Crippen LogP contribution in [0.5, 0.6) is 0 Å². The van der Waals surface area contributed by atoms with Crippen molar-refractivity contribution in [3.05, 3.63) is 35.6 Å². The molecule has 4 heteroatoms. The van der Waals surface area contributed by atoms with Crippen molar-refractivity contribution in [3.8, 4) is 12.3 Å². The van der Waals surface area contributed by atoms with E-state index >= 15 is 0 Å². The predicted octanol–water partition coefficient (Wildman–Crippen LogP) is 2.98. The number of hydrogen-bond acceptors (Lipinski definition) is 1. The van der Waals surface area contributed by atoms with Gasteiger partial charge in [0.2, 0.25) is 0 Å². The molecule has 0 unspecified atom stereocenters. The van der Waals surface area contributed by atoms with Gasteiger partial charge in [0.1, 0.15) is 5.82 Å². The molecule has 19 heavy (non-hydrogen) atoms. The molecule has 0 fully saturated rings. The molecule has 0 aliphatic carbocycles. The highest BCUT2D eigenvalue weighted by Crippen LogP contribution is 2.13. The fraction of sp³-hybridized carbons (Fsp3) is 0.400. The van der Waals surface area contributed by atoms with Crippen LogP contribution in [0.3, 0.4) is 0 Å². The predicted molar refractivity (Wildman–Crippen MR) is 81.1 cm³/mol. The summed E-state index contributed by atoms with van der Waals surface area (Å²) in [5.74, 6) is 2.52. The van der Waals surface area contributed by atoms with E-state index in [1.54, 1.807) is 12.1 Å². The molecule has 0 bridgehead atoms. The molecule has 2 nitrogen and oxygen atoms in total. The van der Waals surface area contributed by atoms with Gasteiger partial charge in [0.25, 0.3) is 0 Å². The lowest BCUT2D eigenvalue weighted by Crippen LogP contribution is -2.50. The fourth-order valence-corrected chi connectivity index (χ4v) is 1.98. The van der Waals surface area contributed by atoms with Crippen molar-refractivity contribution in [1.82, 2.24) is 10.6 Å². The maximum absolute atomic E-state index is 12.8. The Kier molecular flexibility index (Phi) is 5.78. The van der Waals surface area contributed by atoms with Crippen LogP contribution in [0.2, 0.25) is 0 Å². The Balaban J connectivity index is 2.52. The Labute approximate surface area is 119 Å². The van der Waals surface area contributed by atoms with Crippen LogP contribution in [0.1, 0.15) is 32.3 Å². The number of rotatable bonds is 5. The Morgan fingerprint density at radius 2 is 1.89 bits per heavy atom. The lowest BCUT2D eigenvalue weighted by atomic mass is 9.94. The van der Waals surface area contributed by atoms with Gasteiger partial charge in [0.05, 0.1) is 5.54 Å². The number of terminal acetylenes is 1. The van der Waals surface area contributed by atoms with Crippen LogP contribution in [0.25, 0.3) is 0 Å². The van der Waals surface area contributed by atoms with Gasteiger partial charge in [-0.25, -0.2) is 4.39 Å². The molecule has 0 aliphatic heterocycles. The van der Waals surface area contributed by atoms with Crippen LogP contribution < -0.4 is 10.6 Å². The van der Waals surface area contributed by atoms with E-state index in [1.807, 2.05) is 13.8 Å². The highest BCUT2D eigenvalue weighted by molar-refractivity contribution is 7.80. The van der Waals surface area contributed by atoms with Gasteiger partial charge in [0, 0.05) is 6.54 Å². The highest BCUT2D eigenvalue weighted by Gasteiger charge is 2.23. The number of halogens is 1. The summed E-state index contributed by atoms with van der Waals surface area (Å²) in [6.45, 7) is 4.60. The second-order valence-electron chi connectivity index (χ2n) is 4.37. The van der Waals surface area contributed by atoms with Gasteiger partial charge in [-0.05, 0) is 42.8 Å². The van der Waals surface area contributed by atoms with Crippen molar-refractivity contribution in [3.63, 3.8) is 0 Å². The van der Waals surface area contributed by atoms with Gasteiger partial charge in [0.15, 0.2) is 5.11 Å². The first-order valence-electron chi connectivity index (χ1n) is 6.33. The van der Waals surface area contributed by atoms with Gasteiger partial charge in [-0.15, -0.1) is 6.42 Å². The van der Waals surface area contributed by atoms with Crippen LogP contribution in [0.15, 0.2) is 24.3 Å². The highest BCUT2D eigenvalue weighted by atomic mass is 32.1. The van der Waals surface area contributed by atoms with Crippen LogP contribution in [0.4, 0.5) is 4.39 Å². The first-order chi connectivity index (χ1) is 9.05. The summed E-state index contributed by atoms with van der Waals surface area (Å²) in [7, 11) is 0. The minimum absolute atomic E-state index is 0.243. The average Bonchev–Trinajstić information content (AvgIpc) is 2.44. The zero-order valence-corrected chi connectivity index (χ0v) is 12.1. The Hall–Kier alpha value is -1.60. The van der Waals surface area contributed by atoms with Gasteiger partial charge >= 0.3 is 0 Å². The zero-order valence-electron chi connectivity index (χ0n) is 11.3. The Bertz CT molecular complexity index is 458. The SMILES string of the molecule is C#CC(CC)(CC)NC(=S)NCc1ccc(F)cc1. The summed E-state index contributed by atoms with van der Waals surface area (Å²) in [4.78, 5) is 0. The second-order valence-corrected chi connectivity index (χ2v) is 4.78. The second kappa shape index (κ2) is 7.10. The average molecular weight is 278 g/mol. The van der Waals surface area contributed by atoms with Crippen molar-refractivity contribution < 1.29 is 4.39 Å². The summed E-state index contributed by atoms with van der Waals surface area (Å²) in [6.07, 6.45) is 7.17. The van der Waals surface area contributed by atoms with Crippen LogP contribution >= 0.6 is 12.2 Å². The maximum Gasteiger partial charge on any atom is 0.167 e. The van der Waals surface area contributed by atoms with Crippen molar-refractivity contribution in [2.75, 3.05) is 0 Å². The molecule has 0 saturated heterocycles. The molecule has 0 atom stereocenters. The van der Waals surface area contributed by atoms with E-state index in [1.165, 1.54) is 12.1 Å². The number of benzene rings is 1. The van der Waals surface area contributed by atoms with Crippen LogP contribution in [0, 0.1) is 18.2 Å². The number of thiocarbonyl (C=S) groups is 1. The van der Waals surface area contributed by atoms with E-state index in [2.05, 4.69) is 16.6 Å². The molecular formula is C15H19FN2S. The van der Waals surface area contributed by atoms with E-state index in [0.717, 1.165) is 18.4 Å². The third kappa shape index (κ3) is 4.53. The Morgan fingerprint density at radius 1 is 1.32 bits per heavy atom. The molecule has 0 aliphatic rings. The summed E-state index contributed by atoms with van der Waals surface area (Å²) in [6, 6.07) is 6.30. The Morgan fingerprint density at radius 3 is 2.37 bits per heavy atom. The van der Waals surface area contributed by atoms with E-state index in [0.29, 0.717) is 11.7 Å². The normalized spacial score (nSPS) is 10.6. The minimum Gasteiger partial charge on any atom is -0.359 e. The molecule has 0 saturated carbocycles. The molecule has 0 amide bonds. The van der Waals surface area contributed by atoms with Gasteiger partial charge in [-0.3, -0.25) is 0 Å². The third-order valence-electron chi connectivity index (χ3n) is 3.20. The quantitative estimate of drug-likeness (QED) is 0.639. The smallest absolute Gasteiger partial charge is 0.167 e. The largest absolute Gasteiger partial charge is 0.359 e. The summed E-state index contributed by atoms with van der Waals surface area (Å²) >= 11 is 5.23. The summed E-state index contributed by atoms with van der Waals surface area (Å²) < 4.78 is 12.8. The summed E-state index contributed by atoms with van der Waals surface area (Å²) in [5, 5.41) is 6.77. The minimum atomic E-state index is -0.396.